The van der Waals surface area contributed by atoms with Gasteiger partial charge in [-0.05, 0) is 54.4 Å². The summed E-state index contributed by atoms with van der Waals surface area (Å²) in [6.45, 7) is 10.3. The Bertz CT molecular complexity index is 884. The Morgan fingerprint density at radius 1 is 1.00 bits per heavy atom. The van der Waals surface area contributed by atoms with Crippen LogP contribution in [-0.2, 0) is 6.42 Å². The number of hydrogen-bond acceptors (Lipinski definition) is 1. The lowest BCUT2D eigenvalue weighted by molar-refractivity contribution is 0.286. The lowest BCUT2D eigenvalue weighted by atomic mass is 9.94. The molecule has 0 amide bonds. The van der Waals surface area contributed by atoms with Gasteiger partial charge in [-0.25, -0.2) is 13.2 Å². The van der Waals surface area contributed by atoms with E-state index in [1.165, 1.54) is 18.1 Å². The maximum atomic E-state index is 14.4. The molecule has 156 valence electrons. The first-order valence-electron chi connectivity index (χ1n) is 10.4. The zero-order valence-corrected chi connectivity index (χ0v) is 17.7. The molecule has 0 radical (unpaired) electrons. The van der Waals surface area contributed by atoms with Crippen molar-refractivity contribution in [2.45, 2.75) is 46.5 Å². The van der Waals surface area contributed by atoms with Crippen molar-refractivity contribution in [2.75, 3.05) is 19.6 Å². The van der Waals surface area contributed by atoms with Crippen LogP contribution in [0.5, 0.6) is 0 Å². The summed E-state index contributed by atoms with van der Waals surface area (Å²) in [7, 11) is 0. The van der Waals surface area contributed by atoms with Gasteiger partial charge in [-0.3, -0.25) is 4.90 Å². The molecule has 0 aliphatic carbocycles. The van der Waals surface area contributed by atoms with Crippen molar-refractivity contribution in [3.05, 3.63) is 76.1 Å². The Balaban J connectivity index is 1.64. The summed E-state index contributed by atoms with van der Waals surface area (Å²) in [5.41, 5.74) is 3.37. The maximum Gasteiger partial charge on any atom is 0.164 e. The largest absolute Gasteiger partial charge is 0.299 e. The van der Waals surface area contributed by atoms with E-state index >= 15 is 0 Å². The van der Waals surface area contributed by atoms with E-state index in [2.05, 4.69) is 49.9 Å². The summed E-state index contributed by atoms with van der Waals surface area (Å²) in [6, 6.07) is 9.85. The molecule has 0 bridgehead atoms. The van der Waals surface area contributed by atoms with Crippen LogP contribution < -0.4 is 0 Å². The summed E-state index contributed by atoms with van der Waals surface area (Å²) in [6.07, 6.45) is 3.66. The van der Waals surface area contributed by atoms with Gasteiger partial charge in [0.25, 0.3) is 0 Å². The first-order chi connectivity index (χ1) is 13.8. The topological polar surface area (TPSA) is 3.24 Å². The summed E-state index contributed by atoms with van der Waals surface area (Å²) in [5, 5.41) is 0. The molecule has 0 saturated carbocycles. The van der Waals surface area contributed by atoms with Gasteiger partial charge in [0.2, 0.25) is 0 Å². The van der Waals surface area contributed by atoms with Crippen molar-refractivity contribution in [2.24, 2.45) is 5.92 Å². The molecule has 1 heterocycles. The molecule has 29 heavy (non-hydrogen) atoms. The molecule has 0 saturated heterocycles. The lowest BCUT2D eigenvalue weighted by Gasteiger charge is -2.29. The minimum atomic E-state index is -1.10. The molecule has 2 aromatic rings. The van der Waals surface area contributed by atoms with Crippen molar-refractivity contribution in [3.63, 3.8) is 0 Å². The Morgan fingerprint density at radius 2 is 1.69 bits per heavy atom. The van der Waals surface area contributed by atoms with E-state index in [0.717, 1.165) is 31.1 Å². The van der Waals surface area contributed by atoms with Crippen LogP contribution in [0.3, 0.4) is 0 Å². The second-order valence-corrected chi connectivity index (χ2v) is 8.64. The predicted molar refractivity (Wildman–Crippen MR) is 113 cm³/mol. The average molecular weight is 402 g/mol. The van der Waals surface area contributed by atoms with Crippen molar-refractivity contribution in [1.29, 1.82) is 0 Å². The van der Waals surface area contributed by atoms with Crippen LogP contribution in [0.1, 0.15) is 55.4 Å². The average Bonchev–Trinajstić information content (AvgIpc) is 2.70. The van der Waals surface area contributed by atoms with Gasteiger partial charge in [-0.2, -0.15) is 0 Å². The summed E-state index contributed by atoms with van der Waals surface area (Å²) >= 11 is 0. The quantitative estimate of drug-likeness (QED) is 0.499. The fourth-order valence-corrected chi connectivity index (χ4v) is 4.03. The Labute approximate surface area is 172 Å². The number of nitrogens with zero attached hydrogens (tertiary/aromatic N) is 1. The molecule has 1 nitrogen and oxygen atoms in total. The molecular weight excluding hydrogens is 371 g/mol. The zero-order chi connectivity index (χ0) is 21.1. The van der Waals surface area contributed by atoms with E-state index in [9.17, 15) is 13.2 Å². The van der Waals surface area contributed by atoms with E-state index in [4.69, 9.17) is 0 Å². The number of rotatable bonds is 6. The normalized spacial score (nSPS) is 16.2. The van der Waals surface area contributed by atoms with Crippen LogP contribution in [0, 0.1) is 30.3 Å². The molecule has 4 heteroatoms. The molecule has 1 atom stereocenters. The smallest absolute Gasteiger partial charge is 0.164 e. The van der Waals surface area contributed by atoms with Gasteiger partial charge in [0, 0.05) is 30.8 Å². The third-order valence-corrected chi connectivity index (χ3v) is 5.74. The maximum absolute atomic E-state index is 14.4. The van der Waals surface area contributed by atoms with Crippen LogP contribution >= 0.6 is 0 Å². The van der Waals surface area contributed by atoms with Crippen molar-refractivity contribution in [3.8, 4) is 0 Å². The Kier molecular flexibility index (Phi) is 6.84. The summed E-state index contributed by atoms with van der Waals surface area (Å²) in [4.78, 5) is 2.32. The first kappa shape index (κ1) is 21.6. The minimum absolute atomic E-state index is 0.190. The van der Waals surface area contributed by atoms with E-state index in [1.54, 1.807) is 0 Å². The molecule has 2 aromatic carbocycles. The van der Waals surface area contributed by atoms with Gasteiger partial charge >= 0.3 is 0 Å². The number of hydrogen-bond donors (Lipinski definition) is 0. The SMILES string of the molecule is Cc1c(F)c(F)cc(C2=CCN(C[C@@H](C)c3ccc(CC(C)C)cc3)CC2)c1F. The molecule has 0 aromatic heterocycles. The molecule has 0 fully saturated rings. The fourth-order valence-electron chi connectivity index (χ4n) is 4.03. The minimum Gasteiger partial charge on any atom is -0.299 e. The van der Waals surface area contributed by atoms with Crippen molar-refractivity contribution < 1.29 is 13.2 Å². The highest BCUT2D eigenvalue weighted by molar-refractivity contribution is 5.68. The van der Waals surface area contributed by atoms with Gasteiger partial charge in [-0.1, -0.05) is 51.1 Å². The van der Waals surface area contributed by atoms with E-state index in [0.29, 0.717) is 24.8 Å². The van der Waals surface area contributed by atoms with Crippen LogP contribution in [0.15, 0.2) is 36.4 Å². The van der Waals surface area contributed by atoms with Crippen LogP contribution in [0.25, 0.3) is 5.57 Å². The summed E-state index contributed by atoms with van der Waals surface area (Å²) < 4.78 is 41.7. The first-order valence-corrected chi connectivity index (χ1v) is 10.4. The standard InChI is InChI=1S/C25H30F3N/c1-16(2)13-19-5-7-20(8-6-19)17(3)15-29-11-9-21(10-12-29)22-14-23(26)25(28)18(4)24(22)27/h5-9,14,16-17H,10-13,15H2,1-4H3/t17-/m1/s1. The fraction of sp³-hybridized carbons (Fsp3) is 0.440. The predicted octanol–water partition coefficient (Wildman–Crippen LogP) is 6.50. The summed E-state index contributed by atoms with van der Waals surface area (Å²) in [5.74, 6) is -1.70. The van der Waals surface area contributed by atoms with E-state index in [1.807, 2.05) is 6.08 Å². The second kappa shape index (κ2) is 9.17. The monoisotopic (exact) mass is 401 g/mol. The highest BCUT2D eigenvalue weighted by Crippen LogP contribution is 2.30. The van der Waals surface area contributed by atoms with E-state index < -0.39 is 17.5 Å². The van der Waals surface area contributed by atoms with Gasteiger partial charge in [0.1, 0.15) is 5.82 Å². The third-order valence-electron chi connectivity index (χ3n) is 5.74. The second-order valence-electron chi connectivity index (χ2n) is 8.64. The number of benzene rings is 2. The molecule has 0 spiro atoms. The van der Waals surface area contributed by atoms with Crippen molar-refractivity contribution in [1.82, 2.24) is 4.90 Å². The van der Waals surface area contributed by atoms with Gasteiger partial charge in [0.05, 0.1) is 0 Å². The van der Waals surface area contributed by atoms with Crippen LogP contribution in [-0.4, -0.2) is 24.5 Å². The van der Waals surface area contributed by atoms with Gasteiger partial charge in [0.15, 0.2) is 11.6 Å². The highest BCUT2D eigenvalue weighted by atomic mass is 19.2. The highest BCUT2D eigenvalue weighted by Gasteiger charge is 2.21. The molecule has 0 unspecified atom stereocenters. The number of halogens is 3. The van der Waals surface area contributed by atoms with Gasteiger partial charge in [-0.15, -0.1) is 0 Å². The zero-order valence-electron chi connectivity index (χ0n) is 17.7. The van der Waals surface area contributed by atoms with Crippen molar-refractivity contribution >= 4 is 5.57 Å². The molecule has 1 aliphatic heterocycles. The lowest BCUT2D eigenvalue weighted by Crippen LogP contribution is -2.32. The van der Waals surface area contributed by atoms with Crippen LogP contribution in [0.2, 0.25) is 0 Å². The van der Waals surface area contributed by atoms with Crippen LogP contribution in [0.4, 0.5) is 13.2 Å². The molecule has 1 aliphatic rings. The molecular formula is C25H30F3N. The molecule has 0 N–H and O–H groups in total. The molecule has 3 rings (SSSR count). The Morgan fingerprint density at radius 3 is 2.28 bits per heavy atom. The Hall–Kier alpha value is -2.07. The van der Waals surface area contributed by atoms with Gasteiger partial charge < -0.3 is 0 Å². The third kappa shape index (κ3) is 5.11. The van der Waals surface area contributed by atoms with E-state index in [-0.39, 0.29) is 11.1 Å².